The Hall–Kier alpha value is -1.88. The number of aromatic nitrogens is 2. The molecule has 1 aromatic heterocycles. The van der Waals surface area contributed by atoms with Crippen LogP contribution in [0.3, 0.4) is 0 Å². The van der Waals surface area contributed by atoms with Gasteiger partial charge in [-0.3, -0.25) is 0 Å². The fourth-order valence-electron chi connectivity index (χ4n) is 1.59. The van der Waals surface area contributed by atoms with E-state index in [0.29, 0.717) is 5.11 Å². The second kappa shape index (κ2) is 6.16. The largest absolute Gasteiger partial charge is 0.363 e. The van der Waals surface area contributed by atoms with Crippen LogP contribution >= 0.6 is 12.2 Å². The van der Waals surface area contributed by atoms with Crippen LogP contribution in [-0.4, -0.2) is 21.4 Å². The molecule has 0 saturated heterocycles. The molecule has 0 aliphatic heterocycles. The summed E-state index contributed by atoms with van der Waals surface area (Å²) in [6, 6.07) is 10.1. The number of nitrogens with zero attached hydrogens (tertiary/aromatic N) is 2. The first-order valence-electron chi connectivity index (χ1n) is 5.90. The normalized spacial score (nSPS) is 10.1. The van der Waals surface area contributed by atoms with Crippen molar-refractivity contribution in [1.29, 1.82) is 0 Å². The van der Waals surface area contributed by atoms with Gasteiger partial charge < -0.3 is 10.6 Å². The van der Waals surface area contributed by atoms with Gasteiger partial charge in [-0.15, -0.1) is 0 Å². The first-order chi connectivity index (χ1) is 8.79. The van der Waals surface area contributed by atoms with Crippen LogP contribution in [0.5, 0.6) is 0 Å². The Labute approximate surface area is 112 Å². The zero-order valence-electron chi connectivity index (χ0n) is 10.3. The molecule has 1 heterocycles. The van der Waals surface area contributed by atoms with Crippen molar-refractivity contribution in [3.63, 3.8) is 0 Å². The van der Waals surface area contributed by atoms with Gasteiger partial charge in [0.2, 0.25) is 0 Å². The molecule has 0 aliphatic rings. The maximum atomic E-state index is 5.11. The zero-order chi connectivity index (χ0) is 12.8. The van der Waals surface area contributed by atoms with Gasteiger partial charge in [0.1, 0.15) is 0 Å². The summed E-state index contributed by atoms with van der Waals surface area (Å²) in [6.07, 6.45) is 3.69. The summed E-state index contributed by atoms with van der Waals surface area (Å²) in [4.78, 5) is 0. The highest BCUT2D eigenvalue weighted by Crippen LogP contribution is 2.08. The maximum absolute atomic E-state index is 5.11. The molecule has 0 fully saturated rings. The molecule has 94 valence electrons. The number of thiocarbonyl (C=S) groups is 1. The lowest BCUT2D eigenvalue weighted by molar-refractivity contribution is 0.849. The van der Waals surface area contributed by atoms with Crippen LogP contribution in [0.25, 0.3) is 5.69 Å². The zero-order valence-corrected chi connectivity index (χ0v) is 11.1. The van der Waals surface area contributed by atoms with Crippen molar-refractivity contribution in [3.8, 4) is 5.69 Å². The van der Waals surface area contributed by atoms with Gasteiger partial charge in [0.05, 0.1) is 5.69 Å². The number of benzene rings is 1. The Kier molecular flexibility index (Phi) is 4.30. The topological polar surface area (TPSA) is 41.9 Å². The molecule has 0 spiro atoms. The number of rotatable bonds is 4. The van der Waals surface area contributed by atoms with E-state index in [9.17, 15) is 0 Å². The van der Waals surface area contributed by atoms with E-state index in [2.05, 4.69) is 27.9 Å². The second-order valence-electron chi connectivity index (χ2n) is 3.83. The van der Waals surface area contributed by atoms with Crippen molar-refractivity contribution in [2.45, 2.75) is 13.5 Å². The molecule has 2 rings (SSSR count). The Bertz CT molecular complexity index is 490. The van der Waals surface area contributed by atoms with E-state index in [-0.39, 0.29) is 0 Å². The van der Waals surface area contributed by atoms with E-state index in [1.165, 1.54) is 5.56 Å². The minimum Gasteiger partial charge on any atom is -0.363 e. The molecule has 18 heavy (non-hydrogen) atoms. The SMILES string of the molecule is CCNC(=S)NCc1ccc(-n2cccn2)cc1. The fourth-order valence-corrected chi connectivity index (χ4v) is 1.81. The Morgan fingerprint density at radius 2 is 2.06 bits per heavy atom. The molecule has 0 saturated carbocycles. The van der Waals surface area contributed by atoms with Gasteiger partial charge in [-0.2, -0.15) is 5.10 Å². The van der Waals surface area contributed by atoms with Crippen molar-refractivity contribution in [2.24, 2.45) is 0 Å². The number of nitrogens with one attached hydrogen (secondary N) is 2. The molecule has 5 heteroatoms. The summed E-state index contributed by atoms with van der Waals surface area (Å²) in [5.74, 6) is 0. The molecule has 0 bridgehead atoms. The van der Waals surface area contributed by atoms with Crippen LogP contribution in [0.1, 0.15) is 12.5 Å². The van der Waals surface area contributed by atoms with E-state index in [1.807, 2.05) is 36.0 Å². The predicted octanol–water partition coefficient (Wildman–Crippen LogP) is 1.86. The molecule has 0 aliphatic carbocycles. The van der Waals surface area contributed by atoms with Crippen molar-refractivity contribution >= 4 is 17.3 Å². The lowest BCUT2D eigenvalue weighted by Crippen LogP contribution is -2.34. The van der Waals surface area contributed by atoms with Crippen molar-refractivity contribution in [1.82, 2.24) is 20.4 Å². The van der Waals surface area contributed by atoms with Gasteiger partial charge in [-0.05, 0) is 42.9 Å². The molecular formula is C13H16N4S. The van der Waals surface area contributed by atoms with E-state index >= 15 is 0 Å². The van der Waals surface area contributed by atoms with Gasteiger partial charge in [0.25, 0.3) is 0 Å². The molecule has 2 aromatic rings. The van der Waals surface area contributed by atoms with Crippen LogP contribution in [0.15, 0.2) is 42.7 Å². The van der Waals surface area contributed by atoms with Crippen molar-refractivity contribution in [2.75, 3.05) is 6.54 Å². The summed E-state index contributed by atoms with van der Waals surface area (Å²) >= 11 is 5.11. The molecule has 0 radical (unpaired) electrons. The third kappa shape index (κ3) is 3.30. The molecule has 4 nitrogen and oxygen atoms in total. The number of hydrogen-bond donors (Lipinski definition) is 2. The van der Waals surface area contributed by atoms with Crippen LogP contribution in [-0.2, 0) is 6.54 Å². The quantitative estimate of drug-likeness (QED) is 0.823. The van der Waals surface area contributed by atoms with Crippen LogP contribution in [0.4, 0.5) is 0 Å². The maximum Gasteiger partial charge on any atom is 0.166 e. The standard InChI is InChI=1S/C13H16N4S/c1-2-14-13(18)15-10-11-4-6-12(7-5-11)17-9-3-8-16-17/h3-9H,2,10H2,1H3,(H2,14,15,18). The highest BCUT2D eigenvalue weighted by atomic mass is 32.1. The Morgan fingerprint density at radius 1 is 1.28 bits per heavy atom. The summed E-state index contributed by atoms with van der Waals surface area (Å²) in [5, 5.41) is 11.1. The van der Waals surface area contributed by atoms with E-state index in [0.717, 1.165) is 18.8 Å². The van der Waals surface area contributed by atoms with E-state index in [4.69, 9.17) is 12.2 Å². The van der Waals surface area contributed by atoms with Crippen molar-refractivity contribution < 1.29 is 0 Å². The minimum absolute atomic E-state index is 0.689. The summed E-state index contributed by atoms with van der Waals surface area (Å²) in [5.41, 5.74) is 2.24. The van der Waals surface area contributed by atoms with Gasteiger partial charge >= 0.3 is 0 Å². The average molecular weight is 260 g/mol. The monoisotopic (exact) mass is 260 g/mol. The molecule has 2 N–H and O–H groups in total. The second-order valence-corrected chi connectivity index (χ2v) is 4.24. The van der Waals surface area contributed by atoms with Gasteiger partial charge in [-0.25, -0.2) is 4.68 Å². The fraction of sp³-hybridized carbons (Fsp3) is 0.231. The van der Waals surface area contributed by atoms with Crippen LogP contribution in [0, 0.1) is 0 Å². The van der Waals surface area contributed by atoms with Crippen LogP contribution < -0.4 is 10.6 Å². The van der Waals surface area contributed by atoms with Crippen LogP contribution in [0.2, 0.25) is 0 Å². The highest BCUT2D eigenvalue weighted by Gasteiger charge is 1.98. The van der Waals surface area contributed by atoms with E-state index in [1.54, 1.807) is 6.20 Å². The molecule has 0 atom stereocenters. The Morgan fingerprint density at radius 3 is 2.67 bits per heavy atom. The summed E-state index contributed by atoms with van der Waals surface area (Å²) in [6.45, 7) is 3.59. The molecular weight excluding hydrogens is 244 g/mol. The first-order valence-corrected chi connectivity index (χ1v) is 6.31. The summed E-state index contributed by atoms with van der Waals surface area (Å²) in [7, 11) is 0. The first kappa shape index (κ1) is 12.6. The molecule has 0 unspecified atom stereocenters. The molecule has 1 aromatic carbocycles. The van der Waals surface area contributed by atoms with Gasteiger partial charge in [0, 0.05) is 25.5 Å². The Balaban J connectivity index is 1.94. The lowest BCUT2D eigenvalue weighted by Gasteiger charge is -2.09. The third-order valence-electron chi connectivity index (χ3n) is 2.50. The van der Waals surface area contributed by atoms with E-state index < -0.39 is 0 Å². The average Bonchev–Trinajstić information content (AvgIpc) is 2.91. The highest BCUT2D eigenvalue weighted by molar-refractivity contribution is 7.80. The predicted molar refractivity (Wildman–Crippen MR) is 76.7 cm³/mol. The summed E-state index contributed by atoms with van der Waals surface area (Å²) < 4.78 is 1.83. The van der Waals surface area contributed by atoms with Crippen molar-refractivity contribution in [3.05, 3.63) is 48.3 Å². The third-order valence-corrected chi connectivity index (χ3v) is 2.78. The van der Waals surface area contributed by atoms with Gasteiger partial charge in [-0.1, -0.05) is 12.1 Å². The smallest absolute Gasteiger partial charge is 0.166 e. The number of hydrogen-bond acceptors (Lipinski definition) is 2. The molecule has 0 amide bonds. The minimum atomic E-state index is 0.689. The lowest BCUT2D eigenvalue weighted by atomic mass is 10.2. The van der Waals surface area contributed by atoms with Gasteiger partial charge in [0.15, 0.2) is 5.11 Å².